The lowest BCUT2D eigenvalue weighted by molar-refractivity contribution is -0.0209. The second kappa shape index (κ2) is 9.80. The minimum absolute atomic E-state index is 0.0217. The summed E-state index contributed by atoms with van der Waals surface area (Å²) in [5.74, 6) is -3.77. The zero-order valence-electron chi connectivity index (χ0n) is 18.6. The molecule has 33 heavy (non-hydrogen) atoms. The highest BCUT2D eigenvalue weighted by Gasteiger charge is 2.48. The summed E-state index contributed by atoms with van der Waals surface area (Å²) >= 11 is 0. The Kier molecular flexibility index (Phi) is 7.28. The quantitative estimate of drug-likeness (QED) is 0.581. The van der Waals surface area contributed by atoms with E-state index in [1.807, 2.05) is 0 Å². The zero-order chi connectivity index (χ0) is 24.3. The van der Waals surface area contributed by atoms with Gasteiger partial charge in [0.05, 0.1) is 18.1 Å². The molecule has 0 spiro atoms. The number of rotatable bonds is 8. The Hall–Kier alpha value is -3.11. The predicted molar refractivity (Wildman–Crippen MR) is 114 cm³/mol. The van der Waals surface area contributed by atoms with E-state index in [0.717, 1.165) is 6.07 Å². The lowest BCUT2D eigenvalue weighted by Gasteiger charge is -2.41. The maximum absolute atomic E-state index is 13.8. The SMILES string of the molecule is COCCCC1(C)C(=O)c2c(O)c(=O)c(C(=O)NCc3ccc(F)cc3F)cn2CC1OC. The van der Waals surface area contributed by atoms with Crippen LogP contribution in [0.25, 0.3) is 0 Å². The molecule has 1 amide bonds. The fraction of sp³-hybridized carbons (Fsp3) is 0.435. The van der Waals surface area contributed by atoms with E-state index in [2.05, 4.69) is 5.32 Å². The summed E-state index contributed by atoms with van der Waals surface area (Å²) in [6.07, 6.45) is 1.61. The van der Waals surface area contributed by atoms with Crippen molar-refractivity contribution in [3.05, 3.63) is 63.1 Å². The minimum Gasteiger partial charge on any atom is -0.503 e. The van der Waals surface area contributed by atoms with E-state index in [1.165, 1.54) is 23.9 Å². The molecule has 2 N–H and O–H groups in total. The van der Waals surface area contributed by atoms with Crippen LogP contribution in [0.2, 0.25) is 0 Å². The molecule has 8 nitrogen and oxygen atoms in total. The van der Waals surface area contributed by atoms with Crippen LogP contribution in [0.5, 0.6) is 5.75 Å². The van der Waals surface area contributed by atoms with Crippen LogP contribution in [-0.2, 0) is 22.6 Å². The molecule has 0 bridgehead atoms. The average Bonchev–Trinajstić information content (AvgIpc) is 2.77. The van der Waals surface area contributed by atoms with Crippen LogP contribution in [0, 0.1) is 17.0 Å². The molecule has 10 heteroatoms. The predicted octanol–water partition coefficient (Wildman–Crippen LogP) is 2.41. The molecular weight excluding hydrogens is 438 g/mol. The van der Waals surface area contributed by atoms with Gasteiger partial charge in [0.25, 0.3) is 5.91 Å². The average molecular weight is 464 g/mol. The first-order chi connectivity index (χ1) is 15.6. The van der Waals surface area contributed by atoms with Gasteiger partial charge in [-0.05, 0) is 25.8 Å². The third kappa shape index (κ3) is 4.67. The highest BCUT2D eigenvalue weighted by atomic mass is 19.1. The van der Waals surface area contributed by atoms with Gasteiger partial charge in [0, 0.05) is 45.2 Å². The number of halogens is 2. The lowest BCUT2D eigenvalue weighted by atomic mass is 9.72. The van der Waals surface area contributed by atoms with Gasteiger partial charge in [-0.3, -0.25) is 14.4 Å². The number of hydrogen-bond donors (Lipinski definition) is 2. The standard InChI is InChI=1S/C23H26F2N2O6/c1-23(7-4-8-32-2)17(33-3)12-27-11-15(19(28)20(29)18(27)21(23)30)22(31)26-10-13-5-6-14(24)9-16(13)25/h5-6,9,11,17,29H,4,7-8,10,12H2,1-3H3,(H,26,31). The van der Waals surface area contributed by atoms with E-state index >= 15 is 0 Å². The number of pyridine rings is 1. The maximum atomic E-state index is 13.8. The van der Waals surface area contributed by atoms with Gasteiger partial charge in [0.1, 0.15) is 22.9 Å². The third-order valence-corrected chi connectivity index (χ3v) is 6.09. The van der Waals surface area contributed by atoms with Gasteiger partial charge >= 0.3 is 0 Å². The summed E-state index contributed by atoms with van der Waals surface area (Å²) in [6, 6.07) is 2.90. The van der Waals surface area contributed by atoms with Crippen LogP contribution in [0.15, 0.2) is 29.2 Å². The zero-order valence-corrected chi connectivity index (χ0v) is 18.6. The summed E-state index contributed by atoms with van der Waals surface area (Å²) < 4.78 is 38.8. The van der Waals surface area contributed by atoms with Gasteiger partial charge in [0.2, 0.25) is 5.43 Å². The van der Waals surface area contributed by atoms with Crippen molar-refractivity contribution in [2.24, 2.45) is 5.41 Å². The molecular formula is C23H26F2N2O6. The number of hydrogen-bond acceptors (Lipinski definition) is 6. The highest BCUT2D eigenvalue weighted by molar-refractivity contribution is 6.03. The number of benzene rings is 1. The number of carbonyl (C=O) groups is 2. The van der Waals surface area contributed by atoms with Crippen LogP contribution >= 0.6 is 0 Å². The van der Waals surface area contributed by atoms with Gasteiger partial charge in [-0.15, -0.1) is 0 Å². The van der Waals surface area contributed by atoms with Crippen LogP contribution in [0.4, 0.5) is 8.78 Å². The molecule has 178 valence electrons. The third-order valence-electron chi connectivity index (χ3n) is 6.09. The van der Waals surface area contributed by atoms with Crippen molar-refractivity contribution in [3.8, 4) is 5.75 Å². The van der Waals surface area contributed by atoms with Crippen molar-refractivity contribution in [3.63, 3.8) is 0 Å². The molecule has 1 aliphatic rings. The van der Waals surface area contributed by atoms with Gasteiger partial charge in [-0.2, -0.15) is 0 Å². The Morgan fingerprint density at radius 3 is 2.67 bits per heavy atom. The first-order valence-corrected chi connectivity index (χ1v) is 10.4. The van der Waals surface area contributed by atoms with E-state index in [4.69, 9.17) is 9.47 Å². The van der Waals surface area contributed by atoms with Crippen molar-refractivity contribution < 1.29 is 33.0 Å². The van der Waals surface area contributed by atoms with Crippen LogP contribution < -0.4 is 10.7 Å². The largest absolute Gasteiger partial charge is 0.503 e. The Morgan fingerprint density at radius 1 is 1.30 bits per heavy atom. The summed E-state index contributed by atoms with van der Waals surface area (Å²) in [6.45, 7) is 1.97. The lowest BCUT2D eigenvalue weighted by Crippen LogP contribution is -2.50. The molecule has 1 aliphatic heterocycles. The molecule has 0 saturated heterocycles. The number of Topliss-reactive ketones (excluding diaryl/α,β-unsaturated/α-hetero) is 1. The maximum Gasteiger partial charge on any atom is 0.257 e. The number of nitrogens with one attached hydrogen (secondary N) is 1. The fourth-order valence-corrected chi connectivity index (χ4v) is 4.12. The number of carbonyl (C=O) groups excluding carboxylic acids is 2. The molecule has 0 aliphatic carbocycles. The van der Waals surface area contributed by atoms with Crippen LogP contribution in [0.1, 0.15) is 46.2 Å². The number of ketones is 1. The number of methoxy groups -OCH3 is 2. The second-order valence-electron chi connectivity index (χ2n) is 8.21. The first kappa shape index (κ1) is 24.5. The Morgan fingerprint density at radius 2 is 2.03 bits per heavy atom. The smallest absolute Gasteiger partial charge is 0.257 e. The molecule has 3 rings (SSSR count). The number of amides is 1. The topological polar surface area (TPSA) is 107 Å². The van der Waals surface area contributed by atoms with E-state index in [9.17, 15) is 28.3 Å². The van der Waals surface area contributed by atoms with E-state index < -0.39 is 51.6 Å². The van der Waals surface area contributed by atoms with Crippen molar-refractivity contribution in [2.75, 3.05) is 20.8 Å². The number of ether oxygens (including phenoxy) is 2. The molecule has 2 unspecified atom stereocenters. The summed E-state index contributed by atoms with van der Waals surface area (Å²) in [7, 11) is 3.02. The molecule has 0 radical (unpaired) electrons. The first-order valence-electron chi connectivity index (χ1n) is 10.4. The van der Waals surface area contributed by atoms with E-state index in [0.29, 0.717) is 25.5 Å². The van der Waals surface area contributed by atoms with Crippen LogP contribution in [0.3, 0.4) is 0 Å². The van der Waals surface area contributed by atoms with Crippen molar-refractivity contribution in [2.45, 2.75) is 39.0 Å². The van der Waals surface area contributed by atoms with Gasteiger partial charge in [-0.25, -0.2) is 8.78 Å². The number of nitrogens with zero attached hydrogens (tertiary/aromatic N) is 1. The van der Waals surface area contributed by atoms with Crippen molar-refractivity contribution in [1.29, 1.82) is 0 Å². The van der Waals surface area contributed by atoms with Gasteiger partial charge < -0.3 is 24.5 Å². The van der Waals surface area contributed by atoms with Crippen molar-refractivity contribution >= 4 is 11.7 Å². The monoisotopic (exact) mass is 464 g/mol. The Balaban J connectivity index is 1.91. The minimum atomic E-state index is -1.01. The number of aromatic nitrogens is 1. The highest BCUT2D eigenvalue weighted by Crippen LogP contribution is 2.40. The molecule has 2 atom stereocenters. The van der Waals surface area contributed by atoms with Gasteiger partial charge in [0.15, 0.2) is 11.5 Å². The number of aromatic hydroxyl groups is 1. The second-order valence-corrected chi connectivity index (χ2v) is 8.21. The molecule has 2 heterocycles. The summed E-state index contributed by atoms with van der Waals surface area (Å²) in [5.41, 5.74) is -2.59. The summed E-state index contributed by atoms with van der Waals surface area (Å²) in [4.78, 5) is 38.7. The van der Waals surface area contributed by atoms with Crippen LogP contribution in [-0.4, -0.2) is 48.3 Å². The van der Waals surface area contributed by atoms with E-state index in [-0.39, 0.29) is 24.3 Å². The molecule has 0 fully saturated rings. The molecule has 0 saturated carbocycles. The Bertz CT molecular complexity index is 1130. The molecule has 1 aromatic carbocycles. The summed E-state index contributed by atoms with van der Waals surface area (Å²) in [5, 5.41) is 12.9. The normalized spacial score (nSPS) is 19.9. The fourth-order valence-electron chi connectivity index (χ4n) is 4.12. The van der Waals surface area contributed by atoms with E-state index in [1.54, 1.807) is 14.0 Å². The Labute approximate surface area is 189 Å². The molecule has 1 aromatic heterocycles. The number of fused-ring (bicyclic) bond motifs is 1. The van der Waals surface area contributed by atoms with Gasteiger partial charge in [-0.1, -0.05) is 6.07 Å². The van der Waals surface area contributed by atoms with Crippen molar-refractivity contribution in [1.82, 2.24) is 9.88 Å². The molecule has 2 aromatic rings.